The van der Waals surface area contributed by atoms with E-state index in [1.54, 1.807) is 6.20 Å². The maximum absolute atomic E-state index is 9.24. The molecule has 2 unspecified atom stereocenters. The summed E-state index contributed by atoms with van der Waals surface area (Å²) in [6.45, 7) is 1.08. The molecule has 1 saturated carbocycles. The average Bonchev–Trinajstić information content (AvgIpc) is 2.84. The minimum Gasteiger partial charge on any atom is -0.396 e. The standard InChI is InChI=1S/C13H17N3O/c14-7-13-12(5-2-6-15-13)16-8-10-3-1-4-11(10)9-17/h2,5-6,10-11,16-17H,1,3-4,8-9H2. The Balaban J connectivity index is 1.96. The van der Waals surface area contributed by atoms with Crippen LogP contribution in [0, 0.1) is 23.2 Å². The summed E-state index contributed by atoms with van der Waals surface area (Å²) in [7, 11) is 0. The van der Waals surface area contributed by atoms with Crippen molar-refractivity contribution in [3.05, 3.63) is 24.0 Å². The van der Waals surface area contributed by atoms with E-state index in [4.69, 9.17) is 5.26 Å². The Morgan fingerprint density at radius 1 is 1.47 bits per heavy atom. The normalized spacial score (nSPS) is 23.3. The molecule has 4 nitrogen and oxygen atoms in total. The van der Waals surface area contributed by atoms with Crippen LogP contribution in [0.5, 0.6) is 0 Å². The smallest absolute Gasteiger partial charge is 0.163 e. The molecule has 0 bridgehead atoms. The van der Waals surface area contributed by atoms with Gasteiger partial charge in [0.05, 0.1) is 5.69 Å². The third kappa shape index (κ3) is 2.75. The molecule has 0 amide bonds. The van der Waals surface area contributed by atoms with Gasteiger partial charge in [-0.15, -0.1) is 0 Å². The van der Waals surface area contributed by atoms with E-state index in [1.165, 1.54) is 6.42 Å². The quantitative estimate of drug-likeness (QED) is 0.828. The van der Waals surface area contributed by atoms with Crippen molar-refractivity contribution < 1.29 is 5.11 Å². The molecule has 0 saturated heterocycles. The molecule has 90 valence electrons. The summed E-state index contributed by atoms with van der Waals surface area (Å²) in [5.74, 6) is 0.913. The van der Waals surface area contributed by atoms with E-state index < -0.39 is 0 Å². The monoisotopic (exact) mass is 231 g/mol. The topological polar surface area (TPSA) is 68.9 Å². The van der Waals surface area contributed by atoms with E-state index in [1.807, 2.05) is 12.1 Å². The van der Waals surface area contributed by atoms with Gasteiger partial charge in [-0.3, -0.25) is 0 Å². The summed E-state index contributed by atoms with van der Waals surface area (Å²) in [4.78, 5) is 4.01. The second-order valence-electron chi connectivity index (χ2n) is 4.53. The fraction of sp³-hybridized carbons (Fsp3) is 0.538. The molecule has 1 aromatic heterocycles. The molecule has 1 aromatic rings. The number of hydrogen-bond donors (Lipinski definition) is 2. The molecule has 1 aliphatic rings. The van der Waals surface area contributed by atoms with Crippen molar-refractivity contribution in [1.82, 2.24) is 4.98 Å². The SMILES string of the molecule is N#Cc1ncccc1NCC1CCCC1CO. The third-order valence-corrected chi connectivity index (χ3v) is 3.52. The van der Waals surface area contributed by atoms with E-state index in [0.29, 0.717) is 17.5 Å². The molecule has 1 heterocycles. The molecule has 0 spiro atoms. The summed E-state index contributed by atoms with van der Waals surface area (Å²) in [6, 6.07) is 5.76. The van der Waals surface area contributed by atoms with E-state index >= 15 is 0 Å². The first kappa shape index (κ1) is 11.9. The molecular weight excluding hydrogens is 214 g/mol. The lowest BCUT2D eigenvalue weighted by molar-refractivity contribution is 0.199. The summed E-state index contributed by atoms with van der Waals surface area (Å²) < 4.78 is 0. The number of rotatable bonds is 4. The highest BCUT2D eigenvalue weighted by Gasteiger charge is 2.26. The Kier molecular flexibility index (Phi) is 3.94. The number of anilines is 1. The summed E-state index contributed by atoms with van der Waals surface area (Å²) in [5, 5.41) is 21.4. The first-order chi connectivity index (χ1) is 8.35. The van der Waals surface area contributed by atoms with Crippen molar-refractivity contribution in [2.45, 2.75) is 19.3 Å². The number of nitrogens with zero attached hydrogens (tertiary/aromatic N) is 2. The van der Waals surface area contributed by atoms with Crippen molar-refractivity contribution in [2.75, 3.05) is 18.5 Å². The van der Waals surface area contributed by atoms with Gasteiger partial charge in [-0.2, -0.15) is 5.26 Å². The van der Waals surface area contributed by atoms with Crippen LogP contribution < -0.4 is 5.32 Å². The lowest BCUT2D eigenvalue weighted by Gasteiger charge is -2.18. The Hall–Kier alpha value is -1.60. The molecule has 1 aliphatic carbocycles. The Morgan fingerprint density at radius 2 is 2.29 bits per heavy atom. The average molecular weight is 231 g/mol. The van der Waals surface area contributed by atoms with Crippen LogP contribution in [0.2, 0.25) is 0 Å². The number of aliphatic hydroxyl groups is 1. The molecule has 0 aliphatic heterocycles. The van der Waals surface area contributed by atoms with Crippen molar-refractivity contribution in [3.8, 4) is 6.07 Å². The Bertz CT molecular complexity index is 413. The van der Waals surface area contributed by atoms with Gasteiger partial charge in [0.1, 0.15) is 6.07 Å². The van der Waals surface area contributed by atoms with Crippen molar-refractivity contribution >= 4 is 5.69 Å². The van der Waals surface area contributed by atoms with Crippen LogP contribution in [0.25, 0.3) is 0 Å². The fourth-order valence-corrected chi connectivity index (χ4v) is 2.50. The van der Waals surface area contributed by atoms with Gasteiger partial charge in [0.25, 0.3) is 0 Å². The summed E-state index contributed by atoms with van der Waals surface area (Å²) >= 11 is 0. The zero-order valence-corrected chi connectivity index (χ0v) is 9.76. The highest BCUT2D eigenvalue weighted by molar-refractivity contribution is 5.53. The second kappa shape index (κ2) is 5.65. The van der Waals surface area contributed by atoms with Crippen LogP contribution >= 0.6 is 0 Å². The van der Waals surface area contributed by atoms with Gasteiger partial charge in [-0.05, 0) is 36.8 Å². The first-order valence-electron chi connectivity index (χ1n) is 6.05. The number of nitrogens with one attached hydrogen (secondary N) is 1. The van der Waals surface area contributed by atoms with Crippen LogP contribution in [-0.2, 0) is 0 Å². The van der Waals surface area contributed by atoms with Gasteiger partial charge in [0.15, 0.2) is 5.69 Å². The molecule has 2 N–H and O–H groups in total. The highest BCUT2D eigenvalue weighted by atomic mass is 16.3. The predicted octanol–water partition coefficient (Wildman–Crippen LogP) is 1.77. The molecule has 0 aromatic carbocycles. The number of aliphatic hydroxyl groups excluding tert-OH is 1. The Labute approximate surface area is 101 Å². The molecule has 0 radical (unpaired) electrons. The third-order valence-electron chi connectivity index (χ3n) is 3.52. The van der Waals surface area contributed by atoms with Crippen LogP contribution in [0.1, 0.15) is 25.0 Å². The lowest BCUT2D eigenvalue weighted by atomic mass is 9.97. The Morgan fingerprint density at radius 3 is 3.06 bits per heavy atom. The number of nitriles is 1. The fourth-order valence-electron chi connectivity index (χ4n) is 2.50. The minimum absolute atomic E-state index is 0.268. The van der Waals surface area contributed by atoms with Gasteiger partial charge in [-0.25, -0.2) is 4.98 Å². The van der Waals surface area contributed by atoms with Crippen LogP contribution in [0.4, 0.5) is 5.69 Å². The van der Waals surface area contributed by atoms with Crippen LogP contribution in [0.3, 0.4) is 0 Å². The van der Waals surface area contributed by atoms with E-state index in [-0.39, 0.29) is 6.61 Å². The summed E-state index contributed by atoms with van der Waals surface area (Å²) in [5.41, 5.74) is 1.23. The lowest BCUT2D eigenvalue weighted by Crippen LogP contribution is -2.21. The van der Waals surface area contributed by atoms with E-state index in [2.05, 4.69) is 16.4 Å². The zero-order chi connectivity index (χ0) is 12.1. The zero-order valence-electron chi connectivity index (χ0n) is 9.76. The van der Waals surface area contributed by atoms with Crippen molar-refractivity contribution in [3.63, 3.8) is 0 Å². The largest absolute Gasteiger partial charge is 0.396 e. The number of pyridine rings is 1. The predicted molar refractivity (Wildman–Crippen MR) is 65.4 cm³/mol. The van der Waals surface area contributed by atoms with E-state index in [9.17, 15) is 5.11 Å². The van der Waals surface area contributed by atoms with Crippen molar-refractivity contribution in [1.29, 1.82) is 5.26 Å². The molecule has 2 atom stereocenters. The van der Waals surface area contributed by atoms with Gasteiger partial charge in [0.2, 0.25) is 0 Å². The summed E-state index contributed by atoms with van der Waals surface area (Å²) in [6.07, 6.45) is 5.08. The van der Waals surface area contributed by atoms with E-state index in [0.717, 1.165) is 25.1 Å². The molecule has 2 rings (SSSR count). The number of hydrogen-bond acceptors (Lipinski definition) is 4. The number of aromatic nitrogens is 1. The molecule has 4 heteroatoms. The first-order valence-corrected chi connectivity index (χ1v) is 6.05. The molecular formula is C13H17N3O. The van der Waals surface area contributed by atoms with Gasteiger partial charge >= 0.3 is 0 Å². The van der Waals surface area contributed by atoms with Crippen molar-refractivity contribution in [2.24, 2.45) is 11.8 Å². The maximum Gasteiger partial charge on any atom is 0.163 e. The maximum atomic E-state index is 9.24. The van der Waals surface area contributed by atoms with Gasteiger partial charge in [0, 0.05) is 19.3 Å². The van der Waals surface area contributed by atoms with Crippen LogP contribution in [0.15, 0.2) is 18.3 Å². The minimum atomic E-state index is 0.268. The molecule has 17 heavy (non-hydrogen) atoms. The second-order valence-corrected chi connectivity index (χ2v) is 4.53. The molecule has 1 fully saturated rings. The van der Waals surface area contributed by atoms with Gasteiger partial charge < -0.3 is 10.4 Å². The highest BCUT2D eigenvalue weighted by Crippen LogP contribution is 2.31. The van der Waals surface area contributed by atoms with Crippen LogP contribution in [-0.4, -0.2) is 23.2 Å². The van der Waals surface area contributed by atoms with Gasteiger partial charge in [-0.1, -0.05) is 6.42 Å².